The average Bonchev–Trinajstić information content (AvgIpc) is 3.22. The summed E-state index contributed by atoms with van der Waals surface area (Å²) < 4.78 is 5.72. The van der Waals surface area contributed by atoms with Crippen molar-refractivity contribution in [3.05, 3.63) is 36.2 Å². The molecule has 1 saturated carbocycles. The Kier molecular flexibility index (Phi) is 3.30. The molecule has 3 rings (SSSR count). The lowest BCUT2D eigenvalue weighted by molar-refractivity contribution is 0.242. The number of hydrogen-bond acceptors (Lipinski definition) is 4. The molecule has 1 aromatic carbocycles. The number of nitrogens with two attached hydrogens (primary N) is 1. The van der Waals surface area contributed by atoms with Gasteiger partial charge in [0.05, 0.1) is 11.8 Å². The molecule has 0 radical (unpaired) electrons. The minimum Gasteiger partial charge on any atom is -0.491 e. The second kappa shape index (κ2) is 5.12. The smallest absolute Gasteiger partial charge is 0.134 e. The maximum atomic E-state index is 5.90. The quantitative estimate of drug-likeness (QED) is 0.924. The van der Waals surface area contributed by atoms with E-state index in [0.29, 0.717) is 11.7 Å². The molecule has 0 spiro atoms. The predicted molar refractivity (Wildman–Crippen MR) is 79.6 cm³/mol. The molecule has 1 fully saturated rings. The molecule has 4 nitrogen and oxygen atoms in total. The number of rotatable bonds is 4. The summed E-state index contributed by atoms with van der Waals surface area (Å²) in [6, 6.07) is 9.77. The number of aromatic nitrogens is 2. The van der Waals surface area contributed by atoms with Crippen molar-refractivity contribution in [1.82, 2.24) is 9.97 Å². The number of nitrogen functional groups attached to an aromatic ring is 1. The van der Waals surface area contributed by atoms with Crippen molar-refractivity contribution in [3.63, 3.8) is 0 Å². The van der Waals surface area contributed by atoms with E-state index >= 15 is 0 Å². The van der Waals surface area contributed by atoms with Crippen LogP contribution in [0.4, 0.5) is 5.82 Å². The highest BCUT2D eigenvalue weighted by Gasteiger charge is 2.27. The van der Waals surface area contributed by atoms with Crippen LogP contribution in [-0.2, 0) is 0 Å². The molecule has 0 atom stereocenters. The van der Waals surface area contributed by atoms with Crippen molar-refractivity contribution in [2.45, 2.75) is 38.7 Å². The van der Waals surface area contributed by atoms with Gasteiger partial charge in [0.2, 0.25) is 0 Å². The van der Waals surface area contributed by atoms with E-state index in [9.17, 15) is 0 Å². The molecule has 104 valence electrons. The van der Waals surface area contributed by atoms with E-state index in [4.69, 9.17) is 10.5 Å². The van der Waals surface area contributed by atoms with Crippen molar-refractivity contribution in [2.75, 3.05) is 5.73 Å². The summed E-state index contributed by atoms with van der Waals surface area (Å²) in [4.78, 5) is 8.97. The summed E-state index contributed by atoms with van der Waals surface area (Å²) in [5.74, 6) is 2.75. The van der Waals surface area contributed by atoms with Crippen molar-refractivity contribution in [3.8, 4) is 17.0 Å². The average molecular weight is 269 g/mol. The Morgan fingerprint density at radius 2 is 2.00 bits per heavy atom. The molecule has 0 saturated heterocycles. The molecule has 4 heteroatoms. The second-order valence-corrected chi connectivity index (χ2v) is 5.50. The van der Waals surface area contributed by atoms with Crippen molar-refractivity contribution in [2.24, 2.45) is 0 Å². The van der Waals surface area contributed by atoms with Gasteiger partial charge in [0, 0.05) is 17.5 Å². The topological polar surface area (TPSA) is 61.0 Å². The standard InChI is InChI=1S/C16H19N3O/c1-10(2)20-13-5-3-4-12(8-13)14-9-15(17)19-16(18-14)11-6-7-11/h3-5,8-11H,6-7H2,1-2H3,(H2,17,18,19). The van der Waals surface area contributed by atoms with E-state index in [0.717, 1.165) is 22.8 Å². The molecule has 0 bridgehead atoms. The van der Waals surface area contributed by atoms with Crippen LogP contribution >= 0.6 is 0 Å². The second-order valence-electron chi connectivity index (χ2n) is 5.50. The van der Waals surface area contributed by atoms with Crippen molar-refractivity contribution < 1.29 is 4.74 Å². The number of benzene rings is 1. The Morgan fingerprint density at radius 1 is 1.20 bits per heavy atom. The lowest BCUT2D eigenvalue weighted by Gasteiger charge is -2.11. The zero-order valence-electron chi connectivity index (χ0n) is 11.8. The summed E-state index contributed by atoms with van der Waals surface area (Å²) in [5.41, 5.74) is 7.78. The van der Waals surface area contributed by atoms with E-state index in [1.165, 1.54) is 12.8 Å². The minimum atomic E-state index is 0.155. The Labute approximate surface area is 119 Å². The number of hydrogen-bond donors (Lipinski definition) is 1. The number of ether oxygens (including phenoxy) is 1. The van der Waals surface area contributed by atoms with Gasteiger partial charge in [-0.2, -0.15) is 0 Å². The van der Waals surface area contributed by atoms with Crippen LogP contribution in [0.5, 0.6) is 5.75 Å². The van der Waals surface area contributed by atoms with Crippen molar-refractivity contribution in [1.29, 1.82) is 0 Å². The van der Waals surface area contributed by atoms with Gasteiger partial charge < -0.3 is 10.5 Å². The van der Waals surface area contributed by atoms with Gasteiger partial charge in [0.1, 0.15) is 17.4 Å². The van der Waals surface area contributed by atoms with Gasteiger partial charge in [0.25, 0.3) is 0 Å². The Morgan fingerprint density at radius 3 is 2.70 bits per heavy atom. The third-order valence-corrected chi connectivity index (χ3v) is 3.21. The highest BCUT2D eigenvalue weighted by molar-refractivity contribution is 5.63. The lowest BCUT2D eigenvalue weighted by Crippen LogP contribution is -2.05. The summed E-state index contributed by atoms with van der Waals surface area (Å²) >= 11 is 0. The van der Waals surface area contributed by atoms with Crippen LogP contribution < -0.4 is 10.5 Å². The fourth-order valence-electron chi connectivity index (χ4n) is 2.16. The largest absolute Gasteiger partial charge is 0.491 e. The lowest BCUT2D eigenvalue weighted by atomic mass is 10.1. The first kappa shape index (κ1) is 12.9. The molecule has 0 aliphatic heterocycles. The van der Waals surface area contributed by atoms with E-state index in [1.807, 2.05) is 44.2 Å². The van der Waals surface area contributed by atoms with Crippen LogP contribution in [0.2, 0.25) is 0 Å². The molecule has 0 unspecified atom stereocenters. The summed E-state index contributed by atoms with van der Waals surface area (Å²) in [6.45, 7) is 4.03. The molecule has 20 heavy (non-hydrogen) atoms. The zero-order chi connectivity index (χ0) is 14.1. The molecule has 0 amide bonds. The van der Waals surface area contributed by atoms with Gasteiger partial charge in [-0.05, 0) is 38.8 Å². The molecule has 1 aromatic heterocycles. The normalized spacial score (nSPS) is 14.6. The van der Waals surface area contributed by atoms with E-state index in [2.05, 4.69) is 9.97 Å². The fraction of sp³-hybridized carbons (Fsp3) is 0.375. The Balaban J connectivity index is 1.95. The first-order chi connectivity index (χ1) is 9.61. The van der Waals surface area contributed by atoms with Gasteiger partial charge in [0.15, 0.2) is 0 Å². The maximum Gasteiger partial charge on any atom is 0.134 e. The predicted octanol–water partition coefficient (Wildman–Crippen LogP) is 3.39. The fourth-order valence-corrected chi connectivity index (χ4v) is 2.16. The highest BCUT2D eigenvalue weighted by atomic mass is 16.5. The maximum absolute atomic E-state index is 5.90. The number of anilines is 1. The third kappa shape index (κ3) is 2.90. The third-order valence-electron chi connectivity index (χ3n) is 3.21. The first-order valence-corrected chi connectivity index (χ1v) is 7.03. The van der Waals surface area contributed by atoms with Gasteiger partial charge in [-0.3, -0.25) is 0 Å². The van der Waals surface area contributed by atoms with E-state index < -0.39 is 0 Å². The monoisotopic (exact) mass is 269 g/mol. The SMILES string of the molecule is CC(C)Oc1cccc(-c2cc(N)nc(C3CC3)n2)c1. The van der Waals surface area contributed by atoms with Crippen LogP contribution in [-0.4, -0.2) is 16.1 Å². The van der Waals surface area contributed by atoms with Crippen molar-refractivity contribution >= 4 is 5.82 Å². The van der Waals surface area contributed by atoms with Crippen LogP contribution in [0.15, 0.2) is 30.3 Å². The number of nitrogens with zero attached hydrogens (tertiary/aromatic N) is 2. The molecular formula is C16H19N3O. The van der Waals surface area contributed by atoms with Crippen LogP contribution in [0.25, 0.3) is 11.3 Å². The summed E-state index contributed by atoms with van der Waals surface area (Å²) in [6.07, 6.45) is 2.49. The van der Waals surface area contributed by atoms with E-state index in [1.54, 1.807) is 0 Å². The molecule has 2 N–H and O–H groups in total. The van der Waals surface area contributed by atoms with Gasteiger partial charge >= 0.3 is 0 Å². The first-order valence-electron chi connectivity index (χ1n) is 7.03. The summed E-state index contributed by atoms with van der Waals surface area (Å²) in [7, 11) is 0. The Bertz CT molecular complexity index is 621. The minimum absolute atomic E-state index is 0.155. The molecular weight excluding hydrogens is 250 g/mol. The van der Waals surface area contributed by atoms with Crippen LogP contribution in [0.1, 0.15) is 38.4 Å². The molecule has 1 heterocycles. The zero-order valence-corrected chi connectivity index (χ0v) is 11.8. The van der Waals surface area contributed by atoms with Gasteiger partial charge in [-0.1, -0.05) is 12.1 Å². The molecule has 1 aliphatic carbocycles. The summed E-state index contributed by atoms with van der Waals surface area (Å²) in [5, 5.41) is 0. The van der Waals surface area contributed by atoms with Gasteiger partial charge in [-0.15, -0.1) is 0 Å². The van der Waals surface area contributed by atoms with Crippen LogP contribution in [0.3, 0.4) is 0 Å². The molecule has 2 aromatic rings. The Hall–Kier alpha value is -2.10. The van der Waals surface area contributed by atoms with E-state index in [-0.39, 0.29) is 6.10 Å². The molecule has 1 aliphatic rings. The highest BCUT2D eigenvalue weighted by Crippen LogP contribution is 2.39. The van der Waals surface area contributed by atoms with Crippen LogP contribution in [0, 0.1) is 0 Å². The van der Waals surface area contributed by atoms with Gasteiger partial charge in [-0.25, -0.2) is 9.97 Å².